The zero-order valence-corrected chi connectivity index (χ0v) is 9.29. The Kier molecular flexibility index (Phi) is 5.16. The quantitative estimate of drug-likeness (QED) is 0.639. The van der Waals surface area contributed by atoms with Crippen LogP contribution in [0.4, 0.5) is 13.2 Å². The summed E-state index contributed by atoms with van der Waals surface area (Å²) < 4.78 is 39.9. The van der Waals surface area contributed by atoms with E-state index in [-0.39, 0.29) is 13.2 Å². The van der Waals surface area contributed by atoms with Crippen LogP contribution < -0.4 is 11.1 Å². The van der Waals surface area contributed by atoms with Gasteiger partial charge in [0.1, 0.15) is 12.6 Å². The Morgan fingerprint density at radius 3 is 2.82 bits per heavy atom. The molecule has 17 heavy (non-hydrogen) atoms. The van der Waals surface area contributed by atoms with Crippen LogP contribution in [0.3, 0.4) is 0 Å². The number of halogens is 3. The number of alkyl halides is 3. The summed E-state index contributed by atoms with van der Waals surface area (Å²) >= 11 is 0. The number of piperazine rings is 1. The number of ether oxygens (including phenoxy) is 1. The first-order chi connectivity index (χ1) is 7.90. The molecule has 0 aromatic rings. The predicted octanol–water partition coefficient (Wildman–Crippen LogP) is -0.676. The molecule has 0 aliphatic carbocycles. The van der Waals surface area contributed by atoms with Gasteiger partial charge in [0.25, 0.3) is 0 Å². The summed E-state index contributed by atoms with van der Waals surface area (Å²) in [7, 11) is 0. The summed E-state index contributed by atoms with van der Waals surface area (Å²) in [4.78, 5) is 12.8. The van der Waals surface area contributed by atoms with Gasteiger partial charge in [-0.05, 0) is 0 Å². The Labute approximate surface area is 97.1 Å². The number of carbonyl (C=O) groups excluding carboxylic acids is 1. The molecule has 1 atom stereocenters. The highest BCUT2D eigenvalue weighted by molar-refractivity contribution is 5.80. The van der Waals surface area contributed by atoms with Crippen molar-refractivity contribution in [1.82, 2.24) is 10.2 Å². The topological polar surface area (TPSA) is 67.6 Å². The molecule has 5 nitrogen and oxygen atoms in total. The number of nitrogens with two attached hydrogens (primary N) is 1. The normalized spacial score (nSPS) is 22.6. The van der Waals surface area contributed by atoms with E-state index in [0.717, 1.165) is 0 Å². The van der Waals surface area contributed by atoms with Crippen molar-refractivity contribution in [2.24, 2.45) is 5.73 Å². The summed E-state index contributed by atoms with van der Waals surface area (Å²) in [6.45, 7) is 0.621. The van der Waals surface area contributed by atoms with E-state index in [9.17, 15) is 18.0 Å². The number of carbonyl (C=O) groups is 1. The first-order valence-electron chi connectivity index (χ1n) is 5.29. The van der Waals surface area contributed by atoms with Gasteiger partial charge in [-0.25, -0.2) is 0 Å². The van der Waals surface area contributed by atoms with Crippen LogP contribution in [-0.2, 0) is 9.53 Å². The molecule has 1 amide bonds. The number of hydrogen-bond acceptors (Lipinski definition) is 4. The van der Waals surface area contributed by atoms with E-state index in [2.05, 4.69) is 10.1 Å². The lowest BCUT2D eigenvalue weighted by Gasteiger charge is -2.33. The van der Waals surface area contributed by atoms with E-state index in [1.54, 1.807) is 4.90 Å². The van der Waals surface area contributed by atoms with Crippen LogP contribution in [0.1, 0.15) is 0 Å². The molecule has 0 saturated carbocycles. The van der Waals surface area contributed by atoms with E-state index in [1.807, 2.05) is 0 Å². The molecular weight excluding hydrogens is 239 g/mol. The van der Waals surface area contributed by atoms with Crippen LogP contribution in [0.25, 0.3) is 0 Å². The maximum absolute atomic E-state index is 11.8. The molecule has 0 bridgehead atoms. The van der Waals surface area contributed by atoms with Crippen molar-refractivity contribution >= 4 is 5.91 Å². The molecule has 1 aliphatic heterocycles. The van der Waals surface area contributed by atoms with Gasteiger partial charge in [0, 0.05) is 26.2 Å². The molecule has 0 radical (unpaired) electrons. The second-order valence-electron chi connectivity index (χ2n) is 3.83. The standard InChI is InChI=1S/C9H16F3N3O2/c10-9(11,12)6-17-4-3-15-2-1-14-5-7(15)8(13)16/h7,14H,1-6H2,(H2,13,16). The minimum atomic E-state index is -4.31. The van der Waals surface area contributed by atoms with Crippen molar-refractivity contribution in [3.05, 3.63) is 0 Å². The van der Waals surface area contributed by atoms with Crippen LogP contribution >= 0.6 is 0 Å². The maximum atomic E-state index is 11.8. The highest BCUT2D eigenvalue weighted by Gasteiger charge is 2.29. The first kappa shape index (κ1) is 14.2. The smallest absolute Gasteiger partial charge is 0.371 e. The van der Waals surface area contributed by atoms with E-state index >= 15 is 0 Å². The monoisotopic (exact) mass is 255 g/mol. The fraction of sp³-hybridized carbons (Fsp3) is 0.889. The molecule has 1 rings (SSSR count). The SMILES string of the molecule is NC(=O)C1CNCCN1CCOCC(F)(F)F. The van der Waals surface area contributed by atoms with Gasteiger partial charge in [-0.15, -0.1) is 0 Å². The summed E-state index contributed by atoms with van der Waals surface area (Å²) in [6, 6.07) is -0.474. The molecular formula is C9H16F3N3O2. The summed E-state index contributed by atoms with van der Waals surface area (Å²) in [5, 5.41) is 3.00. The zero-order chi connectivity index (χ0) is 12.9. The molecule has 1 aliphatic rings. The van der Waals surface area contributed by atoms with Crippen molar-refractivity contribution in [2.45, 2.75) is 12.2 Å². The largest absolute Gasteiger partial charge is 0.411 e. The molecule has 100 valence electrons. The van der Waals surface area contributed by atoms with Crippen LogP contribution in [0, 0.1) is 0 Å². The average molecular weight is 255 g/mol. The van der Waals surface area contributed by atoms with Crippen LogP contribution in [0.2, 0.25) is 0 Å². The van der Waals surface area contributed by atoms with Gasteiger partial charge in [-0.3, -0.25) is 9.69 Å². The van der Waals surface area contributed by atoms with Gasteiger partial charge < -0.3 is 15.8 Å². The number of hydrogen-bond donors (Lipinski definition) is 2. The number of rotatable bonds is 5. The van der Waals surface area contributed by atoms with E-state index < -0.39 is 24.7 Å². The molecule has 1 heterocycles. The minimum Gasteiger partial charge on any atom is -0.371 e. The highest BCUT2D eigenvalue weighted by Crippen LogP contribution is 2.14. The molecule has 8 heteroatoms. The second kappa shape index (κ2) is 6.18. The van der Waals surface area contributed by atoms with Crippen molar-refractivity contribution in [2.75, 3.05) is 39.4 Å². The van der Waals surface area contributed by atoms with Crippen LogP contribution in [-0.4, -0.2) is 62.4 Å². The fourth-order valence-electron chi connectivity index (χ4n) is 1.66. The molecule has 3 N–H and O–H groups in total. The van der Waals surface area contributed by atoms with Gasteiger partial charge in [0.05, 0.1) is 6.61 Å². The average Bonchev–Trinajstić information content (AvgIpc) is 2.23. The summed E-state index contributed by atoms with van der Waals surface area (Å²) in [6.07, 6.45) is -4.31. The number of amides is 1. The van der Waals surface area contributed by atoms with Gasteiger partial charge >= 0.3 is 6.18 Å². The van der Waals surface area contributed by atoms with E-state index in [4.69, 9.17) is 5.73 Å². The number of nitrogens with one attached hydrogen (secondary N) is 1. The van der Waals surface area contributed by atoms with Crippen molar-refractivity contribution in [3.8, 4) is 0 Å². The minimum absolute atomic E-state index is 0.0662. The van der Waals surface area contributed by atoms with Gasteiger partial charge in [0.2, 0.25) is 5.91 Å². The molecule has 0 spiro atoms. The molecule has 1 saturated heterocycles. The van der Waals surface area contributed by atoms with E-state index in [1.165, 1.54) is 0 Å². The third kappa shape index (κ3) is 5.33. The Balaban J connectivity index is 2.26. The lowest BCUT2D eigenvalue weighted by atomic mass is 10.2. The van der Waals surface area contributed by atoms with Gasteiger partial charge in [-0.2, -0.15) is 13.2 Å². The maximum Gasteiger partial charge on any atom is 0.411 e. The van der Waals surface area contributed by atoms with Gasteiger partial charge in [-0.1, -0.05) is 0 Å². The Morgan fingerprint density at radius 1 is 1.53 bits per heavy atom. The number of nitrogens with zero attached hydrogens (tertiary/aromatic N) is 1. The van der Waals surface area contributed by atoms with Crippen molar-refractivity contribution in [3.63, 3.8) is 0 Å². The third-order valence-electron chi connectivity index (χ3n) is 2.47. The molecule has 0 aromatic heterocycles. The molecule has 0 aromatic carbocycles. The van der Waals surface area contributed by atoms with Crippen LogP contribution in [0.5, 0.6) is 0 Å². The lowest BCUT2D eigenvalue weighted by molar-refractivity contribution is -0.175. The Bertz CT molecular complexity index is 260. The Hall–Kier alpha value is -0.860. The zero-order valence-electron chi connectivity index (χ0n) is 9.29. The fourth-order valence-corrected chi connectivity index (χ4v) is 1.66. The Morgan fingerprint density at radius 2 is 2.24 bits per heavy atom. The van der Waals surface area contributed by atoms with Crippen molar-refractivity contribution < 1.29 is 22.7 Å². The molecule has 1 fully saturated rings. The third-order valence-corrected chi connectivity index (χ3v) is 2.47. The van der Waals surface area contributed by atoms with Crippen molar-refractivity contribution in [1.29, 1.82) is 0 Å². The summed E-state index contributed by atoms with van der Waals surface area (Å²) in [5.74, 6) is -0.479. The lowest BCUT2D eigenvalue weighted by Crippen LogP contribution is -2.57. The predicted molar refractivity (Wildman–Crippen MR) is 54.3 cm³/mol. The summed E-state index contributed by atoms with van der Waals surface area (Å²) in [5.41, 5.74) is 5.19. The van der Waals surface area contributed by atoms with Crippen LogP contribution in [0.15, 0.2) is 0 Å². The second-order valence-corrected chi connectivity index (χ2v) is 3.83. The van der Waals surface area contributed by atoms with E-state index in [0.29, 0.717) is 19.6 Å². The number of primary amides is 1. The highest BCUT2D eigenvalue weighted by atomic mass is 19.4. The first-order valence-corrected chi connectivity index (χ1v) is 5.29. The molecule has 1 unspecified atom stereocenters. The van der Waals surface area contributed by atoms with Gasteiger partial charge in [0.15, 0.2) is 0 Å².